The molecule has 0 amide bonds. The van der Waals surface area contributed by atoms with Crippen LogP contribution >= 0.6 is 11.6 Å². The molecule has 0 fully saturated rings. The van der Waals surface area contributed by atoms with Gasteiger partial charge in [-0.05, 0) is 22.6 Å². The van der Waals surface area contributed by atoms with E-state index >= 15 is 0 Å². The van der Waals surface area contributed by atoms with Crippen LogP contribution in [0.15, 0.2) is 30.6 Å². The minimum absolute atomic E-state index is 0.352. The normalized spacial score (nSPS) is 10.7. The number of benzene rings is 1. The van der Waals surface area contributed by atoms with E-state index in [1.807, 2.05) is 0 Å². The molecule has 0 aliphatic heterocycles. The summed E-state index contributed by atoms with van der Waals surface area (Å²) in [7, 11) is 0. The van der Waals surface area contributed by atoms with Gasteiger partial charge < -0.3 is 10.5 Å². The largest absolute Gasteiger partial charge is 0.436 e. The number of nitrogens with two attached hydrogens (primary N) is 1. The van der Waals surface area contributed by atoms with E-state index in [9.17, 15) is 0 Å². The van der Waals surface area contributed by atoms with Crippen LogP contribution in [0.2, 0.25) is 5.02 Å². The fourth-order valence-corrected chi connectivity index (χ4v) is 1.59. The summed E-state index contributed by atoms with van der Waals surface area (Å²) in [5.74, 6) is 0.770. The molecule has 2 aromatic heterocycles. The first-order chi connectivity index (χ1) is 8.74. The third-order valence-electron chi connectivity index (χ3n) is 2.25. The zero-order valence-electron chi connectivity index (χ0n) is 8.99. The van der Waals surface area contributed by atoms with Gasteiger partial charge in [-0.3, -0.25) is 4.98 Å². The summed E-state index contributed by atoms with van der Waals surface area (Å²) in [6.45, 7) is 0. The summed E-state index contributed by atoms with van der Waals surface area (Å²) in [5, 5.41) is 11.5. The number of aromatic nitrogens is 5. The lowest BCUT2D eigenvalue weighted by Gasteiger charge is -2.08. The van der Waals surface area contributed by atoms with Crippen LogP contribution in [-0.4, -0.2) is 25.0 Å². The molecule has 0 spiro atoms. The van der Waals surface area contributed by atoms with E-state index in [-0.39, 0.29) is 0 Å². The number of ether oxygens (including phenoxy) is 1. The summed E-state index contributed by atoms with van der Waals surface area (Å²) < 4.78 is 7.02. The number of nitrogen functional groups attached to an aromatic ring is 1. The highest BCUT2D eigenvalue weighted by Crippen LogP contribution is 2.30. The van der Waals surface area contributed by atoms with E-state index in [1.165, 1.54) is 16.9 Å². The minimum atomic E-state index is 0.352. The Hall–Kier alpha value is -2.41. The van der Waals surface area contributed by atoms with Crippen molar-refractivity contribution in [2.45, 2.75) is 0 Å². The lowest BCUT2D eigenvalue weighted by atomic mass is 10.3. The van der Waals surface area contributed by atoms with Gasteiger partial charge in [-0.2, -0.15) is 4.52 Å². The highest BCUT2D eigenvalue weighted by molar-refractivity contribution is 6.32. The molecule has 3 aromatic rings. The smallest absolute Gasteiger partial charge is 0.242 e. The van der Waals surface area contributed by atoms with Crippen molar-refractivity contribution < 1.29 is 4.74 Å². The highest BCUT2D eigenvalue weighted by Gasteiger charge is 2.09. The van der Waals surface area contributed by atoms with Crippen LogP contribution < -0.4 is 10.5 Å². The van der Waals surface area contributed by atoms with Crippen molar-refractivity contribution in [1.82, 2.24) is 25.0 Å². The summed E-state index contributed by atoms with van der Waals surface area (Å²) >= 11 is 6.01. The molecule has 7 nitrogen and oxygen atoms in total. The van der Waals surface area contributed by atoms with Gasteiger partial charge in [-0.15, -0.1) is 5.10 Å². The molecule has 0 saturated heterocycles. The van der Waals surface area contributed by atoms with E-state index in [0.29, 0.717) is 28.0 Å². The van der Waals surface area contributed by atoms with Crippen molar-refractivity contribution in [3.63, 3.8) is 0 Å². The van der Waals surface area contributed by atoms with Crippen molar-refractivity contribution in [2.75, 3.05) is 5.73 Å². The lowest BCUT2D eigenvalue weighted by Crippen LogP contribution is -1.97. The van der Waals surface area contributed by atoms with Gasteiger partial charge in [0.05, 0.1) is 17.4 Å². The van der Waals surface area contributed by atoms with Crippen LogP contribution in [0.4, 0.5) is 5.69 Å². The first-order valence-corrected chi connectivity index (χ1v) is 5.37. The van der Waals surface area contributed by atoms with Gasteiger partial charge in [0, 0.05) is 11.8 Å². The van der Waals surface area contributed by atoms with Gasteiger partial charge in [-0.1, -0.05) is 11.6 Å². The second-order valence-corrected chi connectivity index (χ2v) is 3.89. The van der Waals surface area contributed by atoms with E-state index in [2.05, 4.69) is 20.5 Å². The number of anilines is 1. The maximum Gasteiger partial charge on any atom is 0.242 e. The number of halogens is 1. The van der Waals surface area contributed by atoms with Crippen molar-refractivity contribution in [1.29, 1.82) is 0 Å². The number of hydrogen-bond acceptors (Lipinski definition) is 6. The van der Waals surface area contributed by atoms with Crippen molar-refractivity contribution in [3.8, 4) is 11.6 Å². The molecule has 90 valence electrons. The molecule has 18 heavy (non-hydrogen) atoms. The van der Waals surface area contributed by atoms with E-state index in [4.69, 9.17) is 22.1 Å². The first-order valence-electron chi connectivity index (χ1n) is 4.99. The van der Waals surface area contributed by atoms with E-state index in [0.717, 1.165) is 0 Å². The number of rotatable bonds is 2. The Kier molecular flexibility index (Phi) is 2.45. The number of nitrogens with zero attached hydrogens (tertiary/aromatic N) is 5. The average Bonchev–Trinajstić information content (AvgIpc) is 2.83. The van der Waals surface area contributed by atoms with Gasteiger partial charge in [-0.25, -0.2) is 0 Å². The zero-order valence-corrected chi connectivity index (χ0v) is 9.74. The molecule has 1 aromatic carbocycles. The number of tetrazole rings is 1. The summed E-state index contributed by atoms with van der Waals surface area (Å²) in [4.78, 5) is 3.97. The Balaban J connectivity index is 2.06. The van der Waals surface area contributed by atoms with E-state index in [1.54, 1.807) is 18.2 Å². The second kappa shape index (κ2) is 4.11. The van der Waals surface area contributed by atoms with Crippen LogP contribution in [0.25, 0.3) is 5.65 Å². The first kappa shape index (κ1) is 10.7. The van der Waals surface area contributed by atoms with Gasteiger partial charge in [0.25, 0.3) is 0 Å². The van der Waals surface area contributed by atoms with Crippen molar-refractivity contribution in [3.05, 3.63) is 35.6 Å². The predicted octanol–water partition coefficient (Wildman–Crippen LogP) is 1.55. The standard InChI is InChI=1S/C10H7ClN6O/c11-7-2-1-6(12)3-8(7)18-10-5-13-4-9-14-15-16-17(9)10/h1-5H,12H2. The SMILES string of the molecule is Nc1ccc(Cl)c(Oc2cncc3nnnn23)c1. The molecular formula is C10H7ClN6O. The Labute approximate surface area is 106 Å². The Morgan fingerprint density at radius 2 is 2.17 bits per heavy atom. The number of hydrogen-bond donors (Lipinski definition) is 1. The monoisotopic (exact) mass is 262 g/mol. The third kappa shape index (κ3) is 1.80. The Morgan fingerprint density at radius 1 is 1.28 bits per heavy atom. The number of fused-ring (bicyclic) bond motifs is 1. The molecule has 2 N–H and O–H groups in total. The van der Waals surface area contributed by atoms with E-state index < -0.39 is 0 Å². The average molecular weight is 263 g/mol. The fourth-order valence-electron chi connectivity index (χ4n) is 1.43. The lowest BCUT2D eigenvalue weighted by molar-refractivity contribution is 0.442. The topological polar surface area (TPSA) is 91.2 Å². The van der Waals surface area contributed by atoms with Gasteiger partial charge in [0.1, 0.15) is 5.75 Å². The zero-order chi connectivity index (χ0) is 12.5. The molecule has 3 rings (SSSR count). The molecular weight excluding hydrogens is 256 g/mol. The summed E-state index contributed by atoms with van der Waals surface area (Å²) in [6.07, 6.45) is 3.01. The van der Waals surface area contributed by atoms with Crippen LogP contribution in [0.5, 0.6) is 11.6 Å². The van der Waals surface area contributed by atoms with Crippen LogP contribution in [0, 0.1) is 0 Å². The molecule has 0 aliphatic rings. The summed E-state index contributed by atoms with van der Waals surface area (Å²) in [6, 6.07) is 4.95. The maximum absolute atomic E-state index is 6.01. The molecule has 0 atom stereocenters. The Morgan fingerprint density at radius 3 is 3.06 bits per heavy atom. The molecule has 0 bridgehead atoms. The van der Waals surface area contributed by atoms with Gasteiger partial charge in [0.15, 0.2) is 0 Å². The maximum atomic E-state index is 6.01. The Bertz CT molecular complexity index is 712. The van der Waals surface area contributed by atoms with Crippen molar-refractivity contribution in [2.24, 2.45) is 0 Å². The van der Waals surface area contributed by atoms with Crippen LogP contribution in [-0.2, 0) is 0 Å². The third-order valence-corrected chi connectivity index (χ3v) is 2.56. The molecule has 2 heterocycles. The summed E-state index contributed by atoms with van der Waals surface area (Å²) in [5.41, 5.74) is 6.70. The second-order valence-electron chi connectivity index (χ2n) is 3.49. The van der Waals surface area contributed by atoms with Crippen molar-refractivity contribution >= 4 is 22.9 Å². The molecule has 8 heteroatoms. The molecule has 0 aliphatic carbocycles. The molecule has 0 unspecified atom stereocenters. The van der Waals surface area contributed by atoms with Crippen LogP contribution in [0.1, 0.15) is 0 Å². The predicted molar refractivity (Wildman–Crippen MR) is 64.5 cm³/mol. The molecule has 0 radical (unpaired) electrons. The quantitative estimate of drug-likeness (QED) is 0.705. The fraction of sp³-hybridized carbons (Fsp3) is 0. The van der Waals surface area contributed by atoms with Crippen LogP contribution in [0.3, 0.4) is 0 Å². The minimum Gasteiger partial charge on any atom is -0.436 e. The van der Waals surface area contributed by atoms with Gasteiger partial charge in [0.2, 0.25) is 11.5 Å². The van der Waals surface area contributed by atoms with Gasteiger partial charge >= 0.3 is 0 Å². The molecule has 0 saturated carbocycles. The highest BCUT2D eigenvalue weighted by atomic mass is 35.5.